The Hall–Kier alpha value is -1.28. The summed E-state index contributed by atoms with van der Waals surface area (Å²) in [6, 6.07) is 4.46. The largest absolute Gasteiger partial charge is 0.401 e. The molecule has 4 nitrogen and oxygen atoms in total. The Morgan fingerprint density at radius 1 is 1.38 bits per heavy atom. The maximum atomic E-state index is 12.2. The van der Waals surface area contributed by atoms with E-state index in [-0.39, 0.29) is 6.04 Å². The van der Waals surface area contributed by atoms with Crippen molar-refractivity contribution in [2.75, 3.05) is 33.7 Å². The molecule has 0 aromatic carbocycles. The summed E-state index contributed by atoms with van der Waals surface area (Å²) in [4.78, 5) is 8.04. The third-order valence-electron chi connectivity index (χ3n) is 3.37. The lowest BCUT2D eigenvalue weighted by Gasteiger charge is -2.20. The van der Waals surface area contributed by atoms with Crippen LogP contribution in [0.15, 0.2) is 17.1 Å². The maximum absolute atomic E-state index is 12.2. The van der Waals surface area contributed by atoms with Crippen molar-refractivity contribution >= 4 is 17.3 Å². The van der Waals surface area contributed by atoms with E-state index in [1.165, 1.54) is 21.7 Å². The van der Waals surface area contributed by atoms with Gasteiger partial charge < -0.3 is 10.6 Å². The van der Waals surface area contributed by atoms with Gasteiger partial charge in [-0.15, -0.1) is 11.3 Å². The van der Waals surface area contributed by atoms with Crippen molar-refractivity contribution in [2.24, 2.45) is 4.99 Å². The molecule has 1 rings (SSSR count). The number of halogens is 3. The van der Waals surface area contributed by atoms with Gasteiger partial charge in [0.2, 0.25) is 0 Å². The topological polar surface area (TPSA) is 39.7 Å². The second kappa shape index (κ2) is 9.88. The number of nitrogens with one attached hydrogen (secondary N) is 2. The number of rotatable bonds is 8. The Labute approximate surface area is 146 Å². The third kappa shape index (κ3) is 9.12. The zero-order valence-electron chi connectivity index (χ0n) is 14.7. The molecule has 1 atom stereocenters. The minimum Gasteiger partial charge on any atom is -0.356 e. The van der Waals surface area contributed by atoms with Gasteiger partial charge in [0.15, 0.2) is 5.96 Å². The number of hydrogen-bond donors (Lipinski definition) is 2. The van der Waals surface area contributed by atoms with Crippen LogP contribution in [0.1, 0.15) is 23.1 Å². The summed E-state index contributed by atoms with van der Waals surface area (Å²) in [5.74, 6) is 0.675. The van der Waals surface area contributed by atoms with Gasteiger partial charge in [0, 0.05) is 35.8 Å². The summed E-state index contributed by atoms with van der Waals surface area (Å²) in [6.45, 7) is 4.25. The minimum absolute atomic E-state index is 0.224. The fourth-order valence-corrected chi connectivity index (χ4v) is 3.34. The minimum atomic E-state index is -4.14. The number of hydrogen-bond acceptors (Lipinski definition) is 3. The van der Waals surface area contributed by atoms with Crippen molar-refractivity contribution in [1.82, 2.24) is 15.5 Å². The highest BCUT2D eigenvalue weighted by molar-refractivity contribution is 7.11. The van der Waals surface area contributed by atoms with Gasteiger partial charge in [-0.25, -0.2) is 0 Å². The van der Waals surface area contributed by atoms with Crippen LogP contribution in [0.25, 0.3) is 0 Å². The van der Waals surface area contributed by atoms with Crippen molar-refractivity contribution in [3.8, 4) is 0 Å². The van der Waals surface area contributed by atoms with Crippen molar-refractivity contribution in [1.29, 1.82) is 0 Å². The number of nitrogens with zero attached hydrogens (tertiary/aromatic N) is 2. The van der Waals surface area contributed by atoms with Crippen LogP contribution in [0.5, 0.6) is 0 Å². The average Bonchev–Trinajstić information content (AvgIpc) is 2.85. The highest BCUT2D eigenvalue weighted by Gasteiger charge is 2.28. The van der Waals surface area contributed by atoms with Gasteiger partial charge in [0.25, 0.3) is 0 Å². The van der Waals surface area contributed by atoms with Crippen LogP contribution in [0.3, 0.4) is 0 Å². The van der Waals surface area contributed by atoms with Gasteiger partial charge in [-0.2, -0.15) is 13.2 Å². The summed E-state index contributed by atoms with van der Waals surface area (Å²) in [7, 11) is 3.17. The lowest BCUT2D eigenvalue weighted by molar-refractivity contribution is -0.143. The van der Waals surface area contributed by atoms with Crippen LogP contribution in [0.4, 0.5) is 13.2 Å². The molecule has 8 heteroatoms. The summed E-state index contributed by atoms with van der Waals surface area (Å²) < 4.78 is 36.7. The van der Waals surface area contributed by atoms with Gasteiger partial charge in [-0.1, -0.05) is 0 Å². The van der Waals surface area contributed by atoms with Crippen LogP contribution in [-0.2, 0) is 6.42 Å². The molecular formula is C16H27F3N4S. The number of aryl methyl sites for hydroxylation is 1. The Balaban J connectivity index is 2.25. The van der Waals surface area contributed by atoms with E-state index in [4.69, 9.17) is 0 Å². The fraction of sp³-hybridized carbons (Fsp3) is 0.688. The summed E-state index contributed by atoms with van der Waals surface area (Å²) in [5.41, 5.74) is 0. The lowest BCUT2D eigenvalue weighted by Crippen LogP contribution is -2.43. The first-order valence-electron chi connectivity index (χ1n) is 7.97. The Morgan fingerprint density at radius 2 is 2.08 bits per heavy atom. The molecule has 24 heavy (non-hydrogen) atoms. The highest BCUT2D eigenvalue weighted by atomic mass is 32.1. The van der Waals surface area contributed by atoms with Crippen LogP contribution in [-0.4, -0.2) is 56.8 Å². The zero-order chi connectivity index (χ0) is 18.2. The molecule has 0 bridgehead atoms. The second-order valence-electron chi connectivity index (χ2n) is 5.97. The van der Waals surface area contributed by atoms with Gasteiger partial charge >= 0.3 is 6.18 Å². The third-order valence-corrected chi connectivity index (χ3v) is 4.39. The van der Waals surface area contributed by atoms with Crippen LogP contribution in [0, 0.1) is 6.92 Å². The van der Waals surface area contributed by atoms with E-state index in [1.54, 1.807) is 18.4 Å². The molecular weight excluding hydrogens is 337 g/mol. The quantitative estimate of drug-likeness (QED) is 0.423. The highest BCUT2D eigenvalue weighted by Crippen LogP contribution is 2.17. The first-order valence-corrected chi connectivity index (χ1v) is 8.79. The molecule has 1 aromatic heterocycles. The van der Waals surface area contributed by atoms with Crippen LogP contribution in [0.2, 0.25) is 0 Å². The molecule has 0 saturated carbocycles. The molecule has 0 aliphatic carbocycles. The predicted molar refractivity (Wildman–Crippen MR) is 94.9 cm³/mol. The predicted octanol–water partition coefficient (Wildman–Crippen LogP) is 3.04. The van der Waals surface area contributed by atoms with Crippen molar-refractivity contribution in [3.05, 3.63) is 21.9 Å². The fourth-order valence-electron chi connectivity index (χ4n) is 2.32. The average molecular weight is 364 g/mol. The smallest absolute Gasteiger partial charge is 0.356 e. The van der Waals surface area contributed by atoms with E-state index in [0.717, 1.165) is 6.42 Å². The number of thiophene rings is 1. The van der Waals surface area contributed by atoms with Crippen LogP contribution >= 0.6 is 11.3 Å². The van der Waals surface area contributed by atoms with E-state index in [2.05, 4.69) is 41.6 Å². The normalized spacial score (nSPS) is 14.1. The molecule has 0 aliphatic heterocycles. The molecule has 0 spiro atoms. The van der Waals surface area contributed by atoms with Gasteiger partial charge in [0.05, 0.1) is 6.54 Å². The standard InChI is InChI=1S/C16H27F3N4S/c1-12(10-14-7-6-13(2)24-14)22-15(20-3)21-8-5-9-23(4)11-16(17,18)19/h6-7,12H,5,8-11H2,1-4H3,(H2,20,21,22). The zero-order valence-corrected chi connectivity index (χ0v) is 15.5. The molecule has 1 unspecified atom stereocenters. The van der Waals surface area contributed by atoms with E-state index < -0.39 is 12.7 Å². The van der Waals surface area contributed by atoms with E-state index in [9.17, 15) is 13.2 Å². The van der Waals surface area contributed by atoms with Gasteiger partial charge in [0.1, 0.15) is 0 Å². The Kier molecular flexibility index (Phi) is 8.55. The molecule has 0 radical (unpaired) electrons. The Bertz CT molecular complexity index is 514. The first-order chi connectivity index (χ1) is 11.2. The van der Waals surface area contributed by atoms with E-state index in [0.29, 0.717) is 25.5 Å². The molecule has 1 heterocycles. The molecule has 0 fully saturated rings. The second-order valence-corrected chi connectivity index (χ2v) is 7.34. The van der Waals surface area contributed by atoms with Crippen molar-refractivity contribution in [3.63, 3.8) is 0 Å². The molecule has 0 saturated heterocycles. The molecule has 138 valence electrons. The van der Waals surface area contributed by atoms with Crippen LogP contribution < -0.4 is 10.6 Å². The molecule has 0 aliphatic rings. The number of guanidine groups is 1. The van der Waals surface area contributed by atoms with Crippen molar-refractivity contribution in [2.45, 2.75) is 38.9 Å². The van der Waals surface area contributed by atoms with Crippen molar-refractivity contribution < 1.29 is 13.2 Å². The lowest BCUT2D eigenvalue weighted by atomic mass is 10.2. The number of alkyl halides is 3. The molecule has 2 N–H and O–H groups in total. The van der Waals surface area contributed by atoms with Gasteiger partial charge in [-0.05, 0) is 46.0 Å². The summed E-state index contributed by atoms with van der Waals surface area (Å²) in [5, 5.41) is 6.45. The summed E-state index contributed by atoms with van der Waals surface area (Å²) >= 11 is 1.78. The number of aliphatic imine (C=N–C) groups is 1. The molecule has 1 aromatic rings. The maximum Gasteiger partial charge on any atom is 0.401 e. The monoisotopic (exact) mass is 364 g/mol. The molecule has 0 amide bonds. The van der Waals surface area contributed by atoms with E-state index in [1.807, 2.05) is 0 Å². The van der Waals surface area contributed by atoms with E-state index >= 15 is 0 Å². The Morgan fingerprint density at radius 3 is 2.62 bits per heavy atom. The first kappa shape index (κ1) is 20.8. The SMILES string of the molecule is CN=C(NCCCN(C)CC(F)(F)F)NC(C)Cc1ccc(C)s1. The summed E-state index contributed by atoms with van der Waals surface area (Å²) in [6.07, 6.45) is -2.62. The van der Waals surface area contributed by atoms with Gasteiger partial charge in [-0.3, -0.25) is 9.89 Å².